The van der Waals surface area contributed by atoms with E-state index >= 15 is 0 Å². The third kappa shape index (κ3) is 6.91. The van der Waals surface area contributed by atoms with Gasteiger partial charge in [-0.05, 0) is 35.4 Å². The highest BCUT2D eigenvalue weighted by molar-refractivity contribution is 6.30. The molecule has 1 amide bonds. The summed E-state index contributed by atoms with van der Waals surface area (Å²) in [7, 11) is 1.62. The molecule has 0 aliphatic carbocycles. The second-order valence-electron chi connectivity index (χ2n) is 4.84. The molecule has 0 radical (unpaired) electrons. The van der Waals surface area contributed by atoms with Crippen LogP contribution in [0.5, 0.6) is 5.75 Å². The van der Waals surface area contributed by atoms with Gasteiger partial charge in [0, 0.05) is 18.6 Å². The highest BCUT2D eigenvalue weighted by Gasteiger charge is 2.00. The molecule has 0 heterocycles. The molecule has 0 saturated heterocycles. The molecule has 0 aliphatic rings. The van der Waals surface area contributed by atoms with Crippen LogP contribution in [0.25, 0.3) is 0 Å². The predicted octanol–water partition coefficient (Wildman–Crippen LogP) is 3.18. The Bertz CT molecular complexity index is 618. The van der Waals surface area contributed by atoms with E-state index in [9.17, 15) is 4.79 Å². The Morgan fingerprint density at radius 3 is 2.52 bits per heavy atom. The molecular weight excluding hydrogens is 335 g/mol. The Morgan fingerprint density at radius 2 is 1.87 bits per heavy atom. The van der Waals surface area contributed by atoms with Crippen molar-refractivity contribution in [1.29, 1.82) is 0 Å². The van der Waals surface area contributed by atoms with E-state index in [2.05, 4.69) is 10.6 Å². The predicted molar refractivity (Wildman–Crippen MR) is 95.2 cm³/mol. The fraction of sp³-hybridized carbons (Fsp3) is 0.235. The Kier molecular flexibility index (Phi) is 8.48. The van der Waals surface area contributed by atoms with Crippen molar-refractivity contribution < 1.29 is 9.53 Å². The smallest absolute Gasteiger partial charge is 0.233 e. The van der Waals surface area contributed by atoms with E-state index in [1.807, 2.05) is 48.5 Å². The Labute approximate surface area is 147 Å². The largest absolute Gasteiger partial charge is 0.489 e. The van der Waals surface area contributed by atoms with E-state index in [0.29, 0.717) is 24.7 Å². The Hall–Kier alpha value is -1.75. The lowest BCUT2D eigenvalue weighted by molar-refractivity contribution is -0.119. The first-order valence-corrected chi connectivity index (χ1v) is 7.42. The molecule has 124 valence electrons. The molecule has 2 N–H and O–H groups in total. The molecule has 0 spiro atoms. The molecule has 0 unspecified atom stereocenters. The minimum atomic E-state index is -0.0264. The molecule has 0 aliphatic heterocycles. The molecule has 0 aromatic heterocycles. The van der Waals surface area contributed by atoms with E-state index in [1.165, 1.54) is 0 Å². The van der Waals surface area contributed by atoms with Gasteiger partial charge in [0.2, 0.25) is 5.91 Å². The summed E-state index contributed by atoms with van der Waals surface area (Å²) >= 11 is 5.94. The van der Waals surface area contributed by atoms with Crippen molar-refractivity contribution in [2.45, 2.75) is 13.2 Å². The van der Waals surface area contributed by atoms with E-state index < -0.39 is 0 Å². The summed E-state index contributed by atoms with van der Waals surface area (Å²) in [5, 5.41) is 6.34. The van der Waals surface area contributed by atoms with Crippen LogP contribution in [0.15, 0.2) is 48.5 Å². The molecule has 2 aromatic carbocycles. The van der Waals surface area contributed by atoms with Gasteiger partial charge in [0.05, 0.1) is 6.54 Å². The molecule has 6 heteroatoms. The first kappa shape index (κ1) is 19.3. The SMILES string of the molecule is CNC(=O)CNCc1ccc(OCc2cccc(Cl)c2)cc1.Cl. The first-order chi connectivity index (χ1) is 10.7. The number of likely N-dealkylation sites (N-methyl/N-ethyl adjacent to an activating group) is 1. The number of benzene rings is 2. The lowest BCUT2D eigenvalue weighted by atomic mass is 10.2. The van der Waals surface area contributed by atoms with E-state index in [-0.39, 0.29) is 18.3 Å². The fourth-order valence-electron chi connectivity index (χ4n) is 1.91. The number of carbonyl (C=O) groups excluding carboxylic acids is 1. The molecule has 0 atom stereocenters. The maximum absolute atomic E-state index is 11.1. The van der Waals surface area contributed by atoms with Crippen LogP contribution in [0.3, 0.4) is 0 Å². The second-order valence-corrected chi connectivity index (χ2v) is 5.28. The fourth-order valence-corrected chi connectivity index (χ4v) is 2.12. The van der Waals surface area contributed by atoms with Gasteiger partial charge in [-0.2, -0.15) is 0 Å². The zero-order valence-electron chi connectivity index (χ0n) is 12.8. The topological polar surface area (TPSA) is 50.4 Å². The molecule has 2 rings (SSSR count). The van der Waals surface area contributed by atoms with Crippen molar-refractivity contribution in [3.8, 4) is 5.75 Å². The van der Waals surface area contributed by atoms with Gasteiger partial charge >= 0.3 is 0 Å². The van der Waals surface area contributed by atoms with E-state index in [0.717, 1.165) is 16.9 Å². The van der Waals surface area contributed by atoms with Gasteiger partial charge in [-0.15, -0.1) is 12.4 Å². The van der Waals surface area contributed by atoms with Crippen molar-refractivity contribution in [3.63, 3.8) is 0 Å². The van der Waals surface area contributed by atoms with Gasteiger partial charge in [-0.3, -0.25) is 4.79 Å². The summed E-state index contributed by atoms with van der Waals surface area (Å²) in [6.45, 7) is 1.43. The Balaban J connectivity index is 0.00000264. The number of halogens is 2. The van der Waals surface area contributed by atoms with Crippen molar-refractivity contribution in [3.05, 3.63) is 64.7 Å². The number of nitrogens with one attached hydrogen (secondary N) is 2. The molecule has 0 fully saturated rings. The summed E-state index contributed by atoms with van der Waals surface area (Å²) in [4.78, 5) is 11.1. The standard InChI is InChI=1S/C17H19ClN2O2.ClH/c1-19-17(21)11-20-10-13-5-7-16(8-6-13)22-12-14-3-2-4-15(18)9-14;/h2-9,20H,10-12H2,1H3,(H,19,21);1H. The van der Waals surface area contributed by atoms with Gasteiger partial charge in [-0.1, -0.05) is 35.9 Å². The summed E-state index contributed by atoms with van der Waals surface area (Å²) in [6, 6.07) is 15.4. The zero-order chi connectivity index (χ0) is 15.8. The van der Waals surface area contributed by atoms with Gasteiger partial charge in [0.25, 0.3) is 0 Å². The number of hydrogen-bond donors (Lipinski definition) is 2. The number of amides is 1. The van der Waals surface area contributed by atoms with E-state index in [1.54, 1.807) is 7.05 Å². The monoisotopic (exact) mass is 354 g/mol. The highest BCUT2D eigenvalue weighted by Crippen LogP contribution is 2.16. The number of carbonyl (C=O) groups is 1. The maximum Gasteiger partial charge on any atom is 0.233 e. The normalized spacial score (nSPS) is 9.83. The summed E-state index contributed by atoms with van der Waals surface area (Å²) < 4.78 is 5.72. The molecular formula is C17H20Cl2N2O2. The quantitative estimate of drug-likeness (QED) is 0.802. The Morgan fingerprint density at radius 1 is 1.13 bits per heavy atom. The maximum atomic E-state index is 11.1. The van der Waals surface area contributed by atoms with Crippen molar-refractivity contribution in [1.82, 2.24) is 10.6 Å². The van der Waals surface area contributed by atoms with Gasteiger partial charge < -0.3 is 15.4 Å². The van der Waals surface area contributed by atoms with Crippen molar-refractivity contribution in [2.24, 2.45) is 0 Å². The van der Waals surface area contributed by atoms with Gasteiger partial charge in [0.15, 0.2) is 0 Å². The van der Waals surface area contributed by atoms with Crippen LogP contribution in [0.1, 0.15) is 11.1 Å². The van der Waals surface area contributed by atoms with Crippen LogP contribution in [0.2, 0.25) is 5.02 Å². The third-order valence-electron chi connectivity index (χ3n) is 3.11. The van der Waals surface area contributed by atoms with Crippen LogP contribution < -0.4 is 15.4 Å². The zero-order valence-corrected chi connectivity index (χ0v) is 14.4. The number of rotatable bonds is 7. The molecule has 4 nitrogen and oxygen atoms in total. The highest BCUT2D eigenvalue weighted by atomic mass is 35.5. The van der Waals surface area contributed by atoms with Crippen LogP contribution >= 0.6 is 24.0 Å². The second kappa shape index (κ2) is 10.1. The van der Waals surface area contributed by atoms with Crippen LogP contribution in [-0.4, -0.2) is 19.5 Å². The molecule has 23 heavy (non-hydrogen) atoms. The molecule has 0 bridgehead atoms. The third-order valence-corrected chi connectivity index (χ3v) is 3.35. The summed E-state index contributed by atoms with van der Waals surface area (Å²) in [6.07, 6.45) is 0. The van der Waals surface area contributed by atoms with Gasteiger partial charge in [0.1, 0.15) is 12.4 Å². The first-order valence-electron chi connectivity index (χ1n) is 7.05. The minimum Gasteiger partial charge on any atom is -0.489 e. The summed E-state index contributed by atoms with van der Waals surface area (Å²) in [5.41, 5.74) is 2.13. The number of hydrogen-bond acceptors (Lipinski definition) is 3. The van der Waals surface area contributed by atoms with Crippen molar-refractivity contribution in [2.75, 3.05) is 13.6 Å². The van der Waals surface area contributed by atoms with E-state index in [4.69, 9.17) is 16.3 Å². The van der Waals surface area contributed by atoms with Crippen LogP contribution in [0, 0.1) is 0 Å². The average Bonchev–Trinajstić information content (AvgIpc) is 2.54. The van der Waals surface area contributed by atoms with Crippen molar-refractivity contribution >= 4 is 29.9 Å². The van der Waals surface area contributed by atoms with Crippen LogP contribution in [-0.2, 0) is 17.9 Å². The van der Waals surface area contributed by atoms with Crippen LogP contribution in [0.4, 0.5) is 0 Å². The number of ether oxygens (including phenoxy) is 1. The lowest BCUT2D eigenvalue weighted by Gasteiger charge is -2.08. The lowest BCUT2D eigenvalue weighted by Crippen LogP contribution is -2.30. The molecule has 0 saturated carbocycles. The summed E-state index contributed by atoms with van der Waals surface area (Å²) in [5.74, 6) is 0.775. The average molecular weight is 355 g/mol. The molecule has 2 aromatic rings. The van der Waals surface area contributed by atoms with Gasteiger partial charge in [-0.25, -0.2) is 0 Å². The minimum absolute atomic E-state index is 0.